The molecule has 0 aliphatic heterocycles. The van der Waals surface area contributed by atoms with Crippen molar-refractivity contribution in [1.29, 1.82) is 0 Å². The smallest absolute Gasteiger partial charge is 0.230 e. The minimum atomic E-state index is -0.0699. The molecule has 0 saturated heterocycles. The van der Waals surface area contributed by atoms with Crippen molar-refractivity contribution in [1.82, 2.24) is 4.98 Å². The summed E-state index contributed by atoms with van der Waals surface area (Å²) in [7, 11) is 0. The van der Waals surface area contributed by atoms with Gasteiger partial charge in [0.25, 0.3) is 0 Å². The molecule has 140 valence electrons. The number of anilines is 1. The highest BCUT2D eigenvalue weighted by molar-refractivity contribution is 7.16. The Kier molecular flexibility index (Phi) is 5.91. The largest absolute Gasteiger partial charge is 0.494 e. The molecule has 27 heavy (non-hydrogen) atoms. The van der Waals surface area contributed by atoms with Crippen LogP contribution in [-0.4, -0.2) is 17.5 Å². The Morgan fingerprint density at radius 1 is 1.07 bits per heavy atom. The molecule has 5 heteroatoms. The van der Waals surface area contributed by atoms with Crippen molar-refractivity contribution in [3.63, 3.8) is 0 Å². The Morgan fingerprint density at radius 2 is 1.81 bits per heavy atom. The molecule has 0 radical (unpaired) electrons. The van der Waals surface area contributed by atoms with Crippen LogP contribution >= 0.6 is 11.3 Å². The summed E-state index contributed by atoms with van der Waals surface area (Å²) in [5.41, 5.74) is 5.45. The fourth-order valence-electron chi connectivity index (χ4n) is 2.83. The molecular formula is C22H24N2O2S. The number of aryl methyl sites for hydroxylation is 3. The first kappa shape index (κ1) is 19.1. The van der Waals surface area contributed by atoms with Crippen LogP contribution in [0.25, 0.3) is 11.3 Å². The van der Waals surface area contributed by atoms with Crippen LogP contribution in [0, 0.1) is 20.8 Å². The molecule has 1 N–H and O–H groups in total. The number of rotatable bonds is 6. The zero-order chi connectivity index (χ0) is 19.4. The number of ether oxygens (including phenoxy) is 1. The summed E-state index contributed by atoms with van der Waals surface area (Å²) in [6.45, 7) is 8.81. The number of aromatic nitrogens is 1. The summed E-state index contributed by atoms with van der Waals surface area (Å²) < 4.78 is 5.43. The number of nitrogens with one attached hydrogen (secondary N) is 1. The van der Waals surface area contributed by atoms with Gasteiger partial charge in [-0.25, -0.2) is 4.98 Å². The van der Waals surface area contributed by atoms with Crippen molar-refractivity contribution >= 4 is 22.4 Å². The lowest BCUT2D eigenvalue weighted by atomic mass is 10.0. The maximum Gasteiger partial charge on any atom is 0.230 e. The van der Waals surface area contributed by atoms with Gasteiger partial charge in [0.2, 0.25) is 5.91 Å². The lowest BCUT2D eigenvalue weighted by molar-refractivity contribution is -0.115. The normalized spacial score (nSPS) is 10.7. The maximum atomic E-state index is 12.4. The lowest BCUT2D eigenvalue weighted by Gasteiger charge is -2.05. The monoisotopic (exact) mass is 380 g/mol. The maximum absolute atomic E-state index is 12.4. The standard InChI is InChI=1S/C22H24N2O2S/c1-5-26-19-10-7-17(8-11-19)13-20(25)23-22-24-21(16(4)27-22)18-9-6-14(2)15(3)12-18/h6-12H,5,13H2,1-4H3,(H,23,24,25). The molecule has 0 unspecified atom stereocenters. The van der Waals surface area contributed by atoms with E-state index in [1.165, 1.54) is 22.5 Å². The van der Waals surface area contributed by atoms with E-state index in [9.17, 15) is 4.79 Å². The Labute approximate surface area is 164 Å². The Morgan fingerprint density at radius 3 is 2.48 bits per heavy atom. The molecule has 3 aromatic rings. The number of hydrogen-bond donors (Lipinski definition) is 1. The summed E-state index contributed by atoms with van der Waals surface area (Å²) in [5.74, 6) is 0.745. The highest BCUT2D eigenvalue weighted by atomic mass is 32.1. The van der Waals surface area contributed by atoms with E-state index >= 15 is 0 Å². The molecule has 1 amide bonds. The van der Waals surface area contributed by atoms with E-state index in [1.54, 1.807) is 0 Å². The van der Waals surface area contributed by atoms with Gasteiger partial charge in [0.15, 0.2) is 5.13 Å². The van der Waals surface area contributed by atoms with Crippen molar-refractivity contribution in [2.24, 2.45) is 0 Å². The number of benzene rings is 2. The quantitative estimate of drug-likeness (QED) is 0.630. The van der Waals surface area contributed by atoms with Crippen LogP contribution in [0.2, 0.25) is 0 Å². The summed E-state index contributed by atoms with van der Waals surface area (Å²) in [5, 5.41) is 3.56. The SMILES string of the molecule is CCOc1ccc(CC(=O)Nc2nc(-c3ccc(C)c(C)c3)c(C)s2)cc1. The van der Waals surface area contributed by atoms with Gasteiger partial charge in [-0.2, -0.15) is 0 Å². The van der Waals surface area contributed by atoms with E-state index < -0.39 is 0 Å². The van der Waals surface area contributed by atoms with Gasteiger partial charge >= 0.3 is 0 Å². The third kappa shape index (κ3) is 4.74. The highest BCUT2D eigenvalue weighted by Gasteiger charge is 2.13. The molecule has 1 aromatic heterocycles. The molecule has 0 aliphatic carbocycles. The molecule has 0 saturated carbocycles. The van der Waals surface area contributed by atoms with E-state index in [1.807, 2.05) is 38.1 Å². The minimum absolute atomic E-state index is 0.0699. The molecule has 0 atom stereocenters. The number of amides is 1. The average Bonchev–Trinajstić information content (AvgIpc) is 2.99. The van der Waals surface area contributed by atoms with Gasteiger partial charge in [-0.3, -0.25) is 4.79 Å². The van der Waals surface area contributed by atoms with Crippen LogP contribution in [-0.2, 0) is 11.2 Å². The van der Waals surface area contributed by atoms with E-state index in [2.05, 4.69) is 42.3 Å². The van der Waals surface area contributed by atoms with Crippen molar-refractivity contribution < 1.29 is 9.53 Å². The third-order valence-corrected chi connectivity index (χ3v) is 5.31. The molecule has 0 fully saturated rings. The molecule has 0 spiro atoms. The van der Waals surface area contributed by atoms with Gasteiger partial charge < -0.3 is 10.1 Å². The van der Waals surface area contributed by atoms with Crippen LogP contribution in [0.15, 0.2) is 42.5 Å². The Balaban J connectivity index is 1.68. The Hall–Kier alpha value is -2.66. The van der Waals surface area contributed by atoms with E-state index in [4.69, 9.17) is 4.74 Å². The lowest BCUT2D eigenvalue weighted by Crippen LogP contribution is -2.14. The van der Waals surface area contributed by atoms with Crippen molar-refractivity contribution in [3.8, 4) is 17.0 Å². The summed E-state index contributed by atoms with van der Waals surface area (Å²) in [4.78, 5) is 18.1. The van der Waals surface area contributed by atoms with Crippen molar-refractivity contribution in [2.75, 3.05) is 11.9 Å². The first-order valence-corrected chi connectivity index (χ1v) is 9.84. The summed E-state index contributed by atoms with van der Waals surface area (Å²) >= 11 is 1.50. The minimum Gasteiger partial charge on any atom is -0.494 e. The molecule has 3 rings (SSSR count). The zero-order valence-corrected chi connectivity index (χ0v) is 16.9. The molecular weight excluding hydrogens is 356 g/mol. The highest BCUT2D eigenvalue weighted by Crippen LogP contribution is 2.31. The van der Waals surface area contributed by atoms with Crippen LogP contribution < -0.4 is 10.1 Å². The molecule has 4 nitrogen and oxygen atoms in total. The molecule has 2 aromatic carbocycles. The van der Waals surface area contributed by atoms with Crippen LogP contribution in [0.1, 0.15) is 28.5 Å². The number of carbonyl (C=O) groups is 1. The number of hydrogen-bond acceptors (Lipinski definition) is 4. The average molecular weight is 381 g/mol. The zero-order valence-electron chi connectivity index (χ0n) is 16.1. The second kappa shape index (κ2) is 8.35. The van der Waals surface area contributed by atoms with Crippen LogP contribution in [0.3, 0.4) is 0 Å². The van der Waals surface area contributed by atoms with Gasteiger partial charge in [-0.05, 0) is 62.6 Å². The van der Waals surface area contributed by atoms with Gasteiger partial charge in [0.1, 0.15) is 5.75 Å². The van der Waals surface area contributed by atoms with Gasteiger partial charge in [-0.1, -0.05) is 24.3 Å². The number of nitrogens with zero attached hydrogens (tertiary/aromatic N) is 1. The molecule has 0 bridgehead atoms. The first-order valence-electron chi connectivity index (χ1n) is 9.03. The van der Waals surface area contributed by atoms with E-state index in [0.717, 1.165) is 27.4 Å². The second-order valence-corrected chi connectivity index (χ2v) is 7.73. The summed E-state index contributed by atoms with van der Waals surface area (Å²) in [6.07, 6.45) is 0.310. The van der Waals surface area contributed by atoms with Gasteiger partial charge in [-0.15, -0.1) is 11.3 Å². The predicted octanol–water partition coefficient (Wildman–Crippen LogP) is 5.32. The van der Waals surface area contributed by atoms with Crippen LogP contribution in [0.4, 0.5) is 5.13 Å². The number of carbonyl (C=O) groups excluding carboxylic acids is 1. The van der Waals surface area contributed by atoms with Gasteiger partial charge in [0.05, 0.1) is 18.7 Å². The summed E-state index contributed by atoms with van der Waals surface area (Å²) in [6, 6.07) is 13.9. The molecule has 0 aliphatic rings. The third-order valence-electron chi connectivity index (χ3n) is 4.42. The predicted molar refractivity (Wildman–Crippen MR) is 112 cm³/mol. The molecule has 1 heterocycles. The van der Waals surface area contributed by atoms with E-state index in [0.29, 0.717) is 18.2 Å². The fourth-order valence-corrected chi connectivity index (χ4v) is 3.68. The second-order valence-electron chi connectivity index (χ2n) is 6.52. The van der Waals surface area contributed by atoms with Crippen LogP contribution in [0.5, 0.6) is 5.75 Å². The fraction of sp³-hybridized carbons (Fsp3) is 0.273. The van der Waals surface area contributed by atoms with Crippen molar-refractivity contribution in [3.05, 3.63) is 64.0 Å². The first-order chi connectivity index (χ1) is 13.0. The Bertz CT molecular complexity index is 945. The van der Waals surface area contributed by atoms with Crippen molar-refractivity contribution in [2.45, 2.75) is 34.1 Å². The topological polar surface area (TPSA) is 51.2 Å². The van der Waals surface area contributed by atoms with E-state index in [-0.39, 0.29) is 5.91 Å². The number of thiazole rings is 1. The van der Waals surface area contributed by atoms with Gasteiger partial charge in [0, 0.05) is 10.4 Å².